The van der Waals surface area contributed by atoms with Gasteiger partial charge >= 0.3 is 0 Å². The first kappa shape index (κ1) is 51.0. The fourth-order valence-electron chi connectivity index (χ4n) is 13.4. The van der Waals surface area contributed by atoms with E-state index in [0.717, 1.165) is 178 Å². The summed E-state index contributed by atoms with van der Waals surface area (Å²) in [7, 11) is 0. The topological polar surface area (TPSA) is 115 Å². The Morgan fingerprint density at radius 1 is 0.250 bits per heavy atom. The van der Waals surface area contributed by atoms with Crippen molar-refractivity contribution < 1.29 is 0 Å². The number of hydrogen-bond acceptors (Lipinski definition) is 4. The fourth-order valence-corrected chi connectivity index (χ4v) is 13.4. The molecule has 8 heteroatoms. The normalized spacial score (nSPS) is 12.4. The number of rotatable bonds is 6. The van der Waals surface area contributed by atoms with Crippen molar-refractivity contribution in [1.82, 2.24) is 39.9 Å². The van der Waals surface area contributed by atoms with E-state index >= 15 is 0 Å². The zero-order valence-corrected chi connectivity index (χ0v) is 48.9. The Hall–Kier alpha value is -11.5. The van der Waals surface area contributed by atoms with E-state index in [1.807, 2.05) is 0 Å². The SMILES string of the molecule is Cc1ccc(-c2c3nc(c4c5cc6nc5c(c5ccc([nH]5)c(-c5ccc(C)cc5)c5nc(c(-c7ccccc7)c7ccc([nH]7)c6-c6ccc(C)cc6)C=C5)c5cc([nH]c54)c(-c4ccc(C)cc4)c4nc(c(-c5ccccc5)c5ccc2[nH]5)C=C4)C=C3)cc1. The Bertz CT molecular complexity index is 5600. The summed E-state index contributed by atoms with van der Waals surface area (Å²) in [5, 5.41) is 3.86. The van der Waals surface area contributed by atoms with E-state index in [0.29, 0.717) is 0 Å². The minimum Gasteiger partial charge on any atom is -0.354 e. The molecule has 416 valence electrons. The minimum absolute atomic E-state index is 0.821. The van der Waals surface area contributed by atoms with Crippen LogP contribution in [0.2, 0.25) is 0 Å². The van der Waals surface area contributed by atoms with Gasteiger partial charge in [0.25, 0.3) is 0 Å². The van der Waals surface area contributed by atoms with Gasteiger partial charge in [-0.2, -0.15) is 0 Å². The third-order valence-electron chi connectivity index (χ3n) is 17.8. The molecule has 8 nitrogen and oxygen atoms in total. The first-order valence-corrected chi connectivity index (χ1v) is 30.0. The van der Waals surface area contributed by atoms with Crippen molar-refractivity contribution in [3.63, 3.8) is 0 Å². The Kier molecular flexibility index (Phi) is 11.6. The summed E-state index contributed by atoms with van der Waals surface area (Å²) in [6.07, 6.45) is 13.0. The average Bonchev–Trinajstić information content (AvgIpc) is 2.04. The van der Waals surface area contributed by atoms with Crippen molar-refractivity contribution in [3.8, 4) is 66.8 Å². The second-order valence-corrected chi connectivity index (χ2v) is 23.6. The van der Waals surface area contributed by atoms with Gasteiger partial charge < -0.3 is 19.9 Å². The van der Waals surface area contributed by atoms with E-state index in [-0.39, 0.29) is 0 Å². The molecule has 0 aliphatic carbocycles. The number of aryl methyl sites for hydroxylation is 4. The molecule has 10 heterocycles. The first-order chi connectivity index (χ1) is 43.2. The molecule has 0 unspecified atom stereocenters. The monoisotopic (exact) mass is 1130 g/mol. The van der Waals surface area contributed by atoms with Crippen molar-refractivity contribution in [2.24, 2.45) is 0 Å². The Balaban J connectivity index is 1.11. The van der Waals surface area contributed by atoms with Crippen LogP contribution in [0.3, 0.4) is 0 Å². The van der Waals surface area contributed by atoms with Crippen LogP contribution in [0.15, 0.2) is 206 Å². The summed E-state index contributed by atoms with van der Waals surface area (Å²) < 4.78 is 0. The standard InChI is InChI=1S/C80H56N8/c1-45-15-23-51(24-16-45)73-61-33-31-57(81-61)71(49-11-7-5-8-12-49)59-35-37-65(83-59)75(53-27-19-47(3)20-28-53)70-44-56-78-68-42-40-64(86-68)74(52-25-17-46(2)18-26-52)62-34-32-58(82-62)72(50-13-9-6-10-14-50)60-36-38-66(84-60)76(54-29-21-48(4)22-30-54)69-43-55(80(78)88-69)77(79(56)87-70)67-41-39-63(73)85-67/h5-44,81,84,86-87H,1-4H3. The third kappa shape index (κ3) is 8.44. The maximum Gasteiger partial charge on any atom is 0.0817 e. The molecular weight excluding hydrogens is 1070 g/mol. The van der Waals surface area contributed by atoms with Gasteiger partial charge in [-0.05, 0) is 146 Å². The van der Waals surface area contributed by atoms with Crippen LogP contribution in [0.1, 0.15) is 56.4 Å². The highest BCUT2D eigenvalue weighted by atomic mass is 14.8. The molecule has 14 aromatic rings. The molecule has 88 heavy (non-hydrogen) atoms. The number of benzene rings is 7. The fraction of sp³-hybridized carbons (Fsp3) is 0.0500. The van der Waals surface area contributed by atoms with Crippen LogP contribution in [0.4, 0.5) is 0 Å². The van der Waals surface area contributed by atoms with Crippen molar-refractivity contribution in [1.29, 1.82) is 0 Å². The summed E-state index contributed by atoms with van der Waals surface area (Å²) in [4.78, 5) is 39.2. The van der Waals surface area contributed by atoms with Crippen molar-refractivity contribution in [2.45, 2.75) is 27.7 Å². The molecule has 0 amide bonds. The molecule has 0 saturated heterocycles. The van der Waals surface area contributed by atoms with E-state index in [1.165, 1.54) is 22.3 Å². The zero-order chi connectivity index (χ0) is 58.7. The Morgan fingerprint density at radius 2 is 0.580 bits per heavy atom. The van der Waals surface area contributed by atoms with Crippen LogP contribution in [-0.2, 0) is 0 Å². The van der Waals surface area contributed by atoms with Gasteiger partial charge in [-0.3, -0.25) is 0 Å². The summed E-state index contributed by atoms with van der Waals surface area (Å²) in [5.41, 5.74) is 31.2. The number of fused-ring (bicyclic) bond motifs is 18. The van der Waals surface area contributed by atoms with Gasteiger partial charge in [-0.1, -0.05) is 180 Å². The number of hydrogen-bond donors (Lipinski definition) is 4. The molecule has 17 rings (SSSR count). The molecule has 0 atom stereocenters. The van der Waals surface area contributed by atoms with Gasteiger partial charge in [0.2, 0.25) is 0 Å². The maximum absolute atomic E-state index is 5.97. The van der Waals surface area contributed by atoms with Crippen LogP contribution in [-0.4, -0.2) is 39.9 Å². The summed E-state index contributed by atoms with van der Waals surface area (Å²) >= 11 is 0. The third-order valence-corrected chi connectivity index (χ3v) is 17.8. The van der Waals surface area contributed by atoms with Crippen molar-refractivity contribution >= 4 is 113 Å². The lowest BCUT2D eigenvalue weighted by molar-refractivity contribution is 1.31. The van der Waals surface area contributed by atoms with Crippen molar-refractivity contribution in [2.75, 3.05) is 0 Å². The Labute approximate surface area is 507 Å². The minimum atomic E-state index is 0.821. The predicted octanol–water partition coefficient (Wildman–Crippen LogP) is 20.7. The maximum atomic E-state index is 5.97. The molecule has 0 saturated carbocycles. The molecule has 4 N–H and O–H groups in total. The van der Waals surface area contributed by atoms with Crippen LogP contribution in [0.5, 0.6) is 0 Å². The van der Waals surface area contributed by atoms with Crippen LogP contribution in [0, 0.1) is 27.7 Å². The number of nitrogens with zero attached hydrogens (tertiary/aromatic N) is 4. The van der Waals surface area contributed by atoms with Crippen LogP contribution in [0.25, 0.3) is 180 Å². The number of H-pyrrole nitrogens is 4. The molecule has 0 fully saturated rings. The summed E-state index contributed by atoms with van der Waals surface area (Å²) in [5.74, 6) is 0. The van der Waals surface area contributed by atoms with Gasteiger partial charge in [-0.15, -0.1) is 0 Å². The van der Waals surface area contributed by atoms with Crippen molar-refractivity contribution in [3.05, 3.63) is 263 Å². The first-order valence-electron chi connectivity index (χ1n) is 30.0. The molecular formula is C80H56N8. The molecule has 0 spiro atoms. The van der Waals surface area contributed by atoms with E-state index < -0.39 is 0 Å². The second-order valence-electron chi connectivity index (χ2n) is 23.6. The molecule has 3 aliphatic heterocycles. The lowest BCUT2D eigenvalue weighted by atomic mass is 10.0. The predicted molar refractivity (Wildman–Crippen MR) is 369 cm³/mol. The molecule has 7 aromatic heterocycles. The highest BCUT2D eigenvalue weighted by Gasteiger charge is 2.25. The van der Waals surface area contributed by atoms with E-state index in [9.17, 15) is 0 Å². The van der Waals surface area contributed by atoms with E-state index in [1.54, 1.807) is 0 Å². The lowest BCUT2D eigenvalue weighted by Gasteiger charge is -2.07. The molecule has 0 radical (unpaired) electrons. The molecule has 16 bridgehead atoms. The van der Waals surface area contributed by atoms with Gasteiger partial charge in [0.1, 0.15) is 0 Å². The smallest absolute Gasteiger partial charge is 0.0817 e. The van der Waals surface area contributed by atoms with Crippen LogP contribution < -0.4 is 0 Å². The van der Waals surface area contributed by atoms with Gasteiger partial charge in [0.05, 0.1) is 50.7 Å². The highest BCUT2D eigenvalue weighted by molar-refractivity contribution is 6.31. The Morgan fingerprint density at radius 3 is 1.00 bits per heavy atom. The molecule has 3 aliphatic rings. The number of aromatic nitrogens is 8. The van der Waals surface area contributed by atoms with Gasteiger partial charge in [0, 0.05) is 93.5 Å². The quantitative estimate of drug-likeness (QED) is 0.133. The number of aromatic amines is 4. The average molecular weight is 1130 g/mol. The largest absolute Gasteiger partial charge is 0.354 e. The van der Waals surface area contributed by atoms with Gasteiger partial charge in [0.15, 0.2) is 0 Å². The van der Waals surface area contributed by atoms with E-state index in [4.69, 9.17) is 19.9 Å². The summed E-state index contributed by atoms with van der Waals surface area (Å²) in [6, 6.07) is 74.2. The van der Waals surface area contributed by atoms with Gasteiger partial charge in [-0.25, -0.2) is 19.9 Å². The zero-order valence-electron chi connectivity index (χ0n) is 48.9. The van der Waals surface area contributed by atoms with Crippen LogP contribution >= 0.6 is 0 Å². The molecule has 7 aromatic carbocycles. The lowest BCUT2D eigenvalue weighted by Crippen LogP contribution is -1.89. The number of nitrogens with one attached hydrogen (secondary N) is 4. The van der Waals surface area contributed by atoms with E-state index in [2.05, 4.69) is 290 Å². The second kappa shape index (κ2) is 20.1. The summed E-state index contributed by atoms with van der Waals surface area (Å²) in [6.45, 7) is 8.54. The highest BCUT2D eigenvalue weighted by Crippen LogP contribution is 2.45.